The van der Waals surface area contributed by atoms with Crippen molar-refractivity contribution < 1.29 is 19.1 Å². The number of hydrogen-bond acceptors (Lipinski definition) is 7. The van der Waals surface area contributed by atoms with Gasteiger partial charge in [0.25, 0.3) is 5.91 Å². The third-order valence-electron chi connectivity index (χ3n) is 3.90. The predicted octanol–water partition coefficient (Wildman–Crippen LogP) is 4.04. The van der Waals surface area contributed by atoms with Crippen LogP contribution in [0, 0.1) is 11.3 Å². The normalized spacial score (nSPS) is 11.5. The Hall–Kier alpha value is -3.15. The lowest BCUT2D eigenvalue weighted by molar-refractivity contribution is -0.119. The van der Waals surface area contributed by atoms with E-state index < -0.39 is 18.5 Å². The first-order valence-electron chi connectivity index (χ1n) is 7.95. The SMILES string of the molecule is N#Cc1ccsc1NC(=O)COC(=O)c1cc2c(s1)-c1ccccc1OC2. The Kier molecular flexibility index (Phi) is 4.62. The first-order chi connectivity index (χ1) is 13.2. The molecule has 2 aromatic heterocycles. The number of esters is 1. The Bertz CT molecular complexity index is 1080. The Morgan fingerprint density at radius 3 is 3.00 bits per heavy atom. The van der Waals surface area contributed by atoms with Crippen LogP contribution in [-0.4, -0.2) is 18.5 Å². The fourth-order valence-electron chi connectivity index (χ4n) is 2.66. The lowest BCUT2D eigenvalue weighted by Gasteiger charge is -2.16. The molecule has 27 heavy (non-hydrogen) atoms. The monoisotopic (exact) mass is 396 g/mol. The average molecular weight is 396 g/mol. The molecule has 3 heterocycles. The molecule has 1 N–H and O–H groups in total. The molecule has 3 aromatic rings. The van der Waals surface area contributed by atoms with Gasteiger partial charge in [-0.2, -0.15) is 5.26 Å². The minimum atomic E-state index is -0.561. The molecule has 1 aliphatic rings. The molecule has 0 radical (unpaired) electrons. The van der Waals surface area contributed by atoms with Crippen molar-refractivity contribution in [2.45, 2.75) is 6.61 Å². The number of anilines is 1. The number of ether oxygens (including phenoxy) is 2. The summed E-state index contributed by atoms with van der Waals surface area (Å²) in [4.78, 5) is 25.7. The molecule has 1 aliphatic heterocycles. The quantitative estimate of drug-likeness (QED) is 0.673. The Balaban J connectivity index is 1.42. The van der Waals surface area contributed by atoms with Gasteiger partial charge in [-0.05, 0) is 29.6 Å². The number of amides is 1. The summed E-state index contributed by atoms with van der Waals surface area (Å²) in [5.41, 5.74) is 2.25. The van der Waals surface area contributed by atoms with Crippen molar-refractivity contribution >= 4 is 39.6 Å². The second-order valence-electron chi connectivity index (χ2n) is 5.65. The minimum Gasteiger partial charge on any atom is -0.488 e. The van der Waals surface area contributed by atoms with Crippen LogP contribution in [0.3, 0.4) is 0 Å². The van der Waals surface area contributed by atoms with Crippen LogP contribution in [0.25, 0.3) is 10.4 Å². The maximum absolute atomic E-state index is 12.3. The maximum atomic E-state index is 12.3. The maximum Gasteiger partial charge on any atom is 0.348 e. The molecule has 4 rings (SSSR count). The Morgan fingerprint density at radius 2 is 2.15 bits per heavy atom. The second-order valence-corrected chi connectivity index (χ2v) is 7.62. The van der Waals surface area contributed by atoms with Gasteiger partial charge < -0.3 is 14.8 Å². The zero-order valence-electron chi connectivity index (χ0n) is 13.9. The number of carbonyl (C=O) groups is 2. The summed E-state index contributed by atoms with van der Waals surface area (Å²) < 4.78 is 10.8. The number of rotatable bonds is 4. The van der Waals surface area contributed by atoms with Crippen LogP contribution in [-0.2, 0) is 16.1 Å². The van der Waals surface area contributed by atoms with E-state index >= 15 is 0 Å². The Morgan fingerprint density at radius 1 is 1.30 bits per heavy atom. The summed E-state index contributed by atoms with van der Waals surface area (Å²) >= 11 is 2.56. The van der Waals surface area contributed by atoms with E-state index in [4.69, 9.17) is 14.7 Å². The van der Waals surface area contributed by atoms with Gasteiger partial charge in [0, 0.05) is 16.0 Å². The standard InChI is InChI=1S/C19H12N2O4S2/c20-8-11-5-6-26-18(11)21-16(22)10-25-19(23)15-7-12-9-24-14-4-2-1-3-13(14)17(12)27-15/h1-7H,9-10H2,(H,21,22). The summed E-state index contributed by atoms with van der Waals surface area (Å²) in [5, 5.41) is 13.7. The summed E-state index contributed by atoms with van der Waals surface area (Å²) in [6.07, 6.45) is 0. The number of hydrogen-bond donors (Lipinski definition) is 1. The fraction of sp³-hybridized carbons (Fsp3) is 0.105. The highest BCUT2D eigenvalue weighted by atomic mass is 32.1. The highest BCUT2D eigenvalue weighted by Gasteiger charge is 2.23. The van der Waals surface area contributed by atoms with Crippen LogP contribution < -0.4 is 10.1 Å². The molecular formula is C19H12N2O4S2. The number of benzene rings is 1. The van der Waals surface area contributed by atoms with E-state index in [0.29, 0.717) is 22.0 Å². The van der Waals surface area contributed by atoms with Crippen molar-refractivity contribution in [3.8, 4) is 22.3 Å². The van der Waals surface area contributed by atoms with Crippen molar-refractivity contribution in [1.29, 1.82) is 5.26 Å². The van der Waals surface area contributed by atoms with Crippen molar-refractivity contribution in [3.05, 3.63) is 57.8 Å². The second kappa shape index (κ2) is 7.23. The average Bonchev–Trinajstić information content (AvgIpc) is 3.32. The number of nitrogens with zero attached hydrogens (tertiary/aromatic N) is 1. The highest BCUT2D eigenvalue weighted by Crippen LogP contribution is 2.42. The number of thiophene rings is 2. The minimum absolute atomic E-state index is 0.379. The molecule has 6 nitrogen and oxygen atoms in total. The van der Waals surface area contributed by atoms with E-state index in [1.54, 1.807) is 17.5 Å². The van der Waals surface area contributed by atoms with Crippen LogP contribution in [0.5, 0.6) is 5.75 Å². The summed E-state index contributed by atoms with van der Waals surface area (Å²) in [7, 11) is 0. The lowest BCUT2D eigenvalue weighted by Crippen LogP contribution is -2.20. The van der Waals surface area contributed by atoms with Gasteiger partial charge in [-0.25, -0.2) is 4.79 Å². The van der Waals surface area contributed by atoms with Gasteiger partial charge in [0.2, 0.25) is 0 Å². The summed E-state index contributed by atoms with van der Waals surface area (Å²) in [5.74, 6) is -0.263. The summed E-state index contributed by atoms with van der Waals surface area (Å²) in [6.45, 7) is -0.0246. The number of carbonyl (C=O) groups excluding carboxylic acids is 2. The van der Waals surface area contributed by atoms with E-state index in [0.717, 1.165) is 21.8 Å². The Labute approximate surface area is 162 Å². The van der Waals surface area contributed by atoms with Crippen LogP contribution in [0.2, 0.25) is 0 Å². The van der Waals surface area contributed by atoms with Crippen molar-refractivity contribution in [1.82, 2.24) is 0 Å². The van der Waals surface area contributed by atoms with Crippen LogP contribution in [0.15, 0.2) is 41.8 Å². The third-order valence-corrected chi connectivity index (χ3v) is 5.92. The molecule has 0 unspecified atom stereocenters. The van der Waals surface area contributed by atoms with Crippen molar-refractivity contribution in [2.24, 2.45) is 0 Å². The zero-order chi connectivity index (χ0) is 18.8. The van der Waals surface area contributed by atoms with E-state index in [2.05, 4.69) is 5.32 Å². The van der Waals surface area contributed by atoms with Gasteiger partial charge in [-0.15, -0.1) is 22.7 Å². The van der Waals surface area contributed by atoms with Gasteiger partial charge in [0.15, 0.2) is 6.61 Å². The molecule has 0 atom stereocenters. The molecule has 0 bridgehead atoms. The first kappa shape index (κ1) is 17.3. The molecule has 1 amide bonds. The number of nitriles is 1. The van der Waals surface area contributed by atoms with Crippen LogP contribution in [0.4, 0.5) is 5.00 Å². The number of para-hydroxylation sites is 1. The fourth-order valence-corrected chi connectivity index (χ4v) is 4.50. The molecule has 0 aliphatic carbocycles. The van der Waals surface area contributed by atoms with E-state index in [9.17, 15) is 9.59 Å². The van der Waals surface area contributed by atoms with Crippen LogP contribution in [0.1, 0.15) is 20.8 Å². The molecule has 8 heteroatoms. The highest BCUT2D eigenvalue weighted by molar-refractivity contribution is 7.17. The van der Waals surface area contributed by atoms with Gasteiger partial charge in [0.05, 0.1) is 5.56 Å². The summed E-state index contributed by atoms with van der Waals surface area (Å²) in [6, 6.07) is 13.0. The third kappa shape index (κ3) is 3.43. The van der Waals surface area contributed by atoms with Gasteiger partial charge >= 0.3 is 5.97 Å². The molecule has 134 valence electrons. The smallest absolute Gasteiger partial charge is 0.348 e. The van der Waals surface area contributed by atoms with Gasteiger partial charge in [-0.3, -0.25) is 4.79 Å². The molecule has 1 aromatic carbocycles. The molecule has 0 fully saturated rings. The largest absolute Gasteiger partial charge is 0.488 e. The molecule has 0 saturated carbocycles. The number of fused-ring (bicyclic) bond motifs is 3. The zero-order valence-corrected chi connectivity index (χ0v) is 15.5. The topological polar surface area (TPSA) is 88.4 Å². The molecular weight excluding hydrogens is 384 g/mol. The van der Waals surface area contributed by atoms with Crippen molar-refractivity contribution in [3.63, 3.8) is 0 Å². The molecule has 0 saturated heterocycles. The first-order valence-corrected chi connectivity index (χ1v) is 9.65. The number of nitrogens with one attached hydrogen (secondary N) is 1. The van der Waals surface area contributed by atoms with E-state index in [1.165, 1.54) is 22.7 Å². The van der Waals surface area contributed by atoms with Gasteiger partial charge in [-0.1, -0.05) is 12.1 Å². The van der Waals surface area contributed by atoms with Crippen LogP contribution >= 0.6 is 22.7 Å². The van der Waals surface area contributed by atoms with E-state index in [1.807, 2.05) is 30.3 Å². The van der Waals surface area contributed by atoms with Gasteiger partial charge in [0.1, 0.15) is 28.3 Å². The van der Waals surface area contributed by atoms with Crippen molar-refractivity contribution in [2.75, 3.05) is 11.9 Å². The molecule has 0 spiro atoms. The predicted molar refractivity (Wildman–Crippen MR) is 102 cm³/mol. The van der Waals surface area contributed by atoms with E-state index in [-0.39, 0.29) is 0 Å². The lowest BCUT2D eigenvalue weighted by atomic mass is 10.1.